The summed E-state index contributed by atoms with van der Waals surface area (Å²) in [7, 11) is 0. The first-order valence-electron chi connectivity index (χ1n) is 6.04. The van der Waals surface area contributed by atoms with Crippen LogP contribution in [0.1, 0.15) is 20.3 Å². The third-order valence-corrected chi connectivity index (χ3v) is 2.98. The molecule has 1 aromatic heterocycles. The molecule has 0 aliphatic carbocycles. The summed E-state index contributed by atoms with van der Waals surface area (Å²) < 4.78 is 0. The summed E-state index contributed by atoms with van der Waals surface area (Å²) in [5.41, 5.74) is 0. The zero-order valence-corrected chi connectivity index (χ0v) is 11.9. The van der Waals surface area contributed by atoms with E-state index in [1.54, 1.807) is 0 Å². The Morgan fingerprint density at radius 2 is 2.22 bits per heavy atom. The predicted octanol–water partition coefficient (Wildman–Crippen LogP) is 2.37. The van der Waals surface area contributed by atoms with E-state index < -0.39 is 0 Å². The largest absolute Gasteiger partial charge is 0.370 e. The summed E-state index contributed by atoms with van der Waals surface area (Å²) >= 11 is 1.52. The quantitative estimate of drug-likeness (QED) is 0.603. The molecular formula is C12H19N5S. The Hall–Kier alpha value is -1.48. The lowest BCUT2D eigenvalue weighted by molar-refractivity contribution is 0.792. The number of thioether (sulfide) groups is 1. The van der Waals surface area contributed by atoms with E-state index in [1.807, 2.05) is 19.2 Å². The van der Waals surface area contributed by atoms with Crippen LogP contribution in [0.15, 0.2) is 11.2 Å². The maximum atomic E-state index is 8.67. The second kappa shape index (κ2) is 7.77. The van der Waals surface area contributed by atoms with Gasteiger partial charge in [-0.15, -0.1) is 0 Å². The number of nitrogens with zero attached hydrogens (tertiary/aromatic N) is 4. The minimum atomic E-state index is 0.503. The van der Waals surface area contributed by atoms with E-state index in [0.717, 1.165) is 29.9 Å². The van der Waals surface area contributed by atoms with Crippen molar-refractivity contribution in [3.05, 3.63) is 6.07 Å². The van der Waals surface area contributed by atoms with Gasteiger partial charge in [-0.3, -0.25) is 0 Å². The molecule has 1 N–H and O–H groups in total. The molecule has 0 spiro atoms. The van der Waals surface area contributed by atoms with Crippen LogP contribution < -0.4 is 10.2 Å². The fraction of sp³-hybridized carbons (Fsp3) is 0.583. The third kappa shape index (κ3) is 4.08. The first-order chi connectivity index (χ1) is 8.74. The summed E-state index contributed by atoms with van der Waals surface area (Å²) in [6, 6.07) is 4.10. The van der Waals surface area contributed by atoms with Gasteiger partial charge >= 0.3 is 0 Å². The zero-order valence-electron chi connectivity index (χ0n) is 11.1. The summed E-state index contributed by atoms with van der Waals surface area (Å²) in [6.45, 7) is 6.45. The molecule has 0 aromatic carbocycles. The number of nitriles is 1. The normalized spacial score (nSPS) is 9.89. The SMILES string of the molecule is CCNc1cc(N(CC)CCC#N)nc(SC)n1. The van der Waals surface area contributed by atoms with E-state index in [4.69, 9.17) is 5.26 Å². The van der Waals surface area contributed by atoms with E-state index in [-0.39, 0.29) is 0 Å². The van der Waals surface area contributed by atoms with Crippen LogP contribution in [0.25, 0.3) is 0 Å². The highest BCUT2D eigenvalue weighted by molar-refractivity contribution is 7.98. The molecule has 0 atom stereocenters. The highest BCUT2D eigenvalue weighted by Crippen LogP contribution is 2.20. The molecule has 0 saturated carbocycles. The van der Waals surface area contributed by atoms with Crippen LogP contribution in [0.5, 0.6) is 0 Å². The van der Waals surface area contributed by atoms with Crippen molar-refractivity contribution in [1.82, 2.24) is 9.97 Å². The number of aromatic nitrogens is 2. The summed E-state index contributed by atoms with van der Waals surface area (Å²) in [6.07, 6.45) is 2.46. The highest BCUT2D eigenvalue weighted by Gasteiger charge is 2.09. The van der Waals surface area contributed by atoms with Crippen molar-refractivity contribution in [3.8, 4) is 6.07 Å². The number of nitrogens with one attached hydrogen (secondary N) is 1. The van der Waals surface area contributed by atoms with E-state index in [9.17, 15) is 0 Å². The van der Waals surface area contributed by atoms with Crippen LogP contribution in [0, 0.1) is 11.3 Å². The van der Waals surface area contributed by atoms with Gasteiger partial charge in [-0.1, -0.05) is 11.8 Å². The predicted molar refractivity (Wildman–Crippen MR) is 76.1 cm³/mol. The molecule has 6 heteroatoms. The van der Waals surface area contributed by atoms with Crippen molar-refractivity contribution < 1.29 is 0 Å². The van der Waals surface area contributed by atoms with E-state index in [1.165, 1.54) is 11.8 Å². The fourth-order valence-corrected chi connectivity index (χ4v) is 1.93. The van der Waals surface area contributed by atoms with Crippen molar-refractivity contribution in [3.63, 3.8) is 0 Å². The van der Waals surface area contributed by atoms with Gasteiger partial charge in [0.1, 0.15) is 11.6 Å². The minimum Gasteiger partial charge on any atom is -0.370 e. The Balaban J connectivity index is 2.97. The molecular weight excluding hydrogens is 246 g/mol. The molecule has 0 radical (unpaired) electrons. The Morgan fingerprint density at radius 3 is 2.78 bits per heavy atom. The average molecular weight is 265 g/mol. The molecule has 0 fully saturated rings. The van der Waals surface area contributed by atoms with Gasteiger partial charge in [0.25, 0.3) is 0 Å². The topological polar surface area (TPSA) is 64.8 Å². The summed E-state index contributed by atoms with van der Waals surface area (Å²) in [4.78, 5) is 11.0. The molecule has 0 saturated heterocycles. The lowest BCUT2D eigenvalue weighted by Gasteiger charge is -2.21. The Morgan fingerprint density at radius 1 is 1.44 bits per heavy atom. The second-order valence-corrected chi connectivity index (χ2v) is 4.39. The van der Waals surface area contributed by atoms with Crippen LogP contribution in [-0.2, 0) is 0 Å². The molecule has 0 unspecified atom stereocenters. The fourth-order valence-electron chi connectivity index (χ4n) is 1.56. The molecule has 0 aliphatic heterocycles. The molecule has 18 heavy (non-hydrogen) atoms. The maximum Gasteiger partial charge on any atom is 0.191 e. The van der Waals surface area contributed by atoms with Gasteiger partial charge in [0, 0.05) is 25.7 Å². The van der Waals surface area contributed by atoms with Crippen LogP contribution in [0.3, 0.4) is 0 Å². The van der Waals surface area contributed by atoms with Crippen LogP contribution in [0.2, 0.25) is 0 Å². The van der Waals surface area contributed by atoms with Gasteiger partial charge in [-0.2, -0.15) is 5.26 Å². The first-order valence-corrected chi connectivity index (χ1v) is 7.26. The van der Waals surface area contributed by atoms with Gasteiger partial charge in [-0.05, 0) is 20.1 Å². The average Bonchev–Trinajstić information content (AvgIpc) is 2.39. The molecule has 0 bridgehead atoms. The molecule has 0 aliphatic rings. The molecule has 1 aromatic rings. The van der Waals surface area contributed by atoms with E-state index >= 15 is 0 Å². The lowest BCUT2D eigenvalue weighted by Crippen LogP contribution is -2.25. The lowest BCUT2D eigenvalue weighted by atomic mass is 10.3. The molecule has 0 amide bonds. The first kappa shape index (κ1) is 14.6. The molecule has 1 heterocycles. The van der Waals surface area contributed by atoms with Crippen molar-refractivity contribution in [1.29, 1.82) is 5.26 Å². The van der Waals surface area contributed by atoms with Gasteiger partial charge in [0.05, 0.1) is 12.5 Å². The Labute approximate surface area is 113 Å². The van der Waals surface area contributed by atoms with Crippen molar-refractivity contribution >= 4 is 23.4 Å². The van der Waals surface area contributed by atoms with Crippen molar-refractivity contribution in [2.45, 2.75) is 25.4 Å². The van der Waals surface area contributed by atoms with Crippen LogP contribution in [-0.4, -0.2) is 35.9 Å². The van der Waals surface area contributed by atoms with Crippen LogP contribution in [0.4, 0.5) is 11.6 Å². The molecule has 98 valence electrons. The van der Waals surface area contributed by atoms with Crippen molar-refractivity contribution in [2.24, 2.45) is 0 Å². The number of hydrogen-bond acceptors (Lipinski definition) is 6. The Kier molecular flexibility index (Phi) is 6.29. The van der Waals surface area contributed by atoms with Gasteiger partial charge in [0.15, 0.2) is 5.16 Å². The summed E-state index contributed by atoms with van der Waals surface area (Å²) in [5, 5.41) is 12.6. The molecule has 5 nitrogen and oxygen atoms in total. The number of anilines is 2. The Bertz CT molecular complexity index is 415. The van der Waals surface area contributed by atoms with Gasteiger partial charge < -0.3 is 10.2 Å². The number of hydrogen-bond donors (Lipinski definition) is 1. The number of rotatable bonds is 7. The van der Waals surface area contributed by atoms with E-state index in [0.29, 0.717) is 13.0 Å². The minimum absolute atomic E-state index is 0.503. The van der Waals surface area contributed by atoms with Crippen molar-refractivity contribution in [2.75, 3.05) is 36.1 Å². The maximum absolute atomic E-state index is 8.67. The van der Waals surface area contributed by atoms with Crippen LogP contribution >= 0.6 is 11.8 Å². The monoisotopic (exact) mass is 265 g/mol. The standard InChI is InChI=1S/C12H19N5S/c1-4-14-10-9-11(16-12(15-10)18-3)17(5-2)8-6-7-13/h9H,4-6,8H2,1-3H3,(H,14,15,16). The zero-order chi connectivity index (χ0) is 13.4. The van der Waals surface area contributed by atoms with Gasteiger partial charge in [-0.25, -0.2) is 9.97 Å². The molecule has 1 rings (SSSR count). The summed E-state index contributed by atoms with van der Waals surface area (Å²) in [5.74, 6) is 1.71. The second-order valence-electron chi connectivity index (χ2n) is 3.62. The third-order valence-electron chi connectivity index (χ3n) is 2.43. The van der Waals surface area contributed by atoms with Gasteiger partial charge in [0.2, 0.25) is 0 Å². The smallest absolute Gasteiger partial charge is 0.191 e. The highest BCUT2D eigenvalue weighted by atomic mass is 32.2. The van der Waals surface area contributed by atoms with E-state index in [2.05, 4.69) is 33.2 Å².